The van der Waals surface area contributed by atoms with Crippen LogP contribution in [0.1, 0.15) is 86.0 Å². The molecule has 0 aromatic carbocycles. The molecule has 42 heavy (non-hydrogen) atoms. The molecule has 0 saturated carbocycles. The summed E-state index contributed by atoms with van der Waals surface area (Å²) in [5.74, 6) is -0.626. The summed E-state index contributed by atoms with van der Waals surface area (Å²) in [5.41, 5.74) is 5.68. The van der Waals surface area contributed by atoms with E-state index in [2.05, 4.69) is 33.9 Å². The largest absolute Gasteiger partial charge is 0.465 e. The number of imidazole rings is 1. The van der Waals surface area contributed by atoms with E-state index in [-0.39, 0.29) is 12.2 Å². The fourth-order valence-corrected chi connectivity index (χ4v) is 7.83. The number of esters is 2. The lowest BCUT2D eigenvalue weighted by Crippen LogP contribution is -2.51. The number of hydrogen-bond donors (Lipinski definition) is 2. The predicted molar refractivity (Wildman–Crippen MR) is 161 cm³/mol. The molecule has 3 heterocycles. The third kappa shape index (κ3) is 8.95. The van der Waals surface area contributed by atoms with E-state index in [1.807, 2.05) is 6.92 Å². The number of unbranched alkanes of at least 4 members (excludes halogenated alkanes) is 4. The molecule has 0 amide bonds. The quantitative estimate of drug-likeness (QED) is 0.140. The number of nitrogens with one attached hydrogen (secondary N) is 1. The molecule has 1 fully saturated rings. The van der Waals surface area contributed by atoms with Crippen molar-refractivity contribution in [2.45, 2.75) is 110 Å². The summed E-state index contributed by atoms with van der Waals surface area (Å²) in [6.07, 6.45) is 8.98. The van der Waals surface area contributed by atoms with Gasteiger partial charge in [0.25, 0.3) is 0 Å². The molecule has 1 aliphatic heterocycles. The number of carbonyl (C=O) groups is 2. The number of ether oxygens (including phenoxy) is 3. The van der Waals surface area contributed by atoms with Crippen LogP contribution in [0.25, 0.3) is 11.2 Å². The van der Waals surface area contributed by atoms with Gasteiger partial charge in [-0.25, -0.2) is 24.7 Å². The van der Waals surface area contributed by atoms with Crippen molar-refractivity contribution >= 4 is 36.4 Å². The molecule has 0 aliphatic carbocycles. The van der Waals surface area contributed by atoms with Crippen molar-refractivity contribution < 1.29 is 28.4 Å². The molecule has 0 radical (unpaired) electrons. The standard InChI is InChI=1S/C28H48N7O6P/c1-6-8-10-15-39-26(36)22-13-12-14-35(22)42(38,33-28(4,5)27(37)40-16-11-9-7-2)20-41-21(3)17-34-19-32-23-24(29)30-18-31-25(23)34/h18-19,21-22H,6-17,20H2,1-5H3,(H,33,38)(H2,29,30,31)/t21-,22-,42-/m1/s1. The van der Waals surface area contributed by atoms with Gasteiger partial charge in [-0.15, -0.1) is 0 Å². The molecule has 2 aromatic rings. The maximum Gasteiger partial charge on any atom is 0.326 e. The fourth-order valence-electron chi connectivity index (χ4n) is 4.94. The van der Waals surface area contributed by atoms with Crippen molar-refractivity contribution in [3.8, 4) is 0 Å². The molecule has 3 N–H and O–H groups in total. The summed E-state index contributed by atoms with van der Waals surface area (Å²) < 4.78 is 35.4. The van der Waals surface area contributed by atoms with E-state index in [9.17, 15) is 14.2 Å². The van der Waals surface area contributed by atoms with Crippen molar-refractivity contribution in [3.63, 3.8) is 0 Å². The molecular weight excluding hydrogens is 561 g/mol. The highest BCUT2D eigenvalue weighted by Crippen LogP contribution is 2.52. The second-order valence-electron chi connectivity index (χ2n) is 11.4. The van der Waals surface area contributed by atoms with Crippen molar-refractivity contribution in [2.24, 2.45) is 0 Å². The molecule has 3 rings (SSSR count). The Kier molecular flexibility index (Phi) is 12.7. The summed E-state index contributed by atoms with van der Waals surface area (Å²) in [4.78, 5) is 38.7. The number of nitrogen functional groups attached to an aromatic ring is 1. The van der Waals surface area contributed by atoms with Crippen LogP contribution in [0.3, 0.4) is 0 Å². The summed E-state index contributed by atoms with van der Waals surface area (Å²) in [6.45, 7) is 10.7. The Morgan fingerprint density at radius 2 is 1.81 bits per heavy atom. The van der Waals surface area contributed by atoms with Crippen molar-refractivity contribution in [3.05, 3.63) is 12.7 Å². The minimum atomic E-state index is -3.65. The first-order valence-corrected chi connectivity index (χ1v) is 16.9. The normalized spacial score (nSPS) is 18.2. The van der Waals surface area contributed by atoms with Crippen LogP contribution in [-0.4, -0.2) is 79.9 Å². The van der Waals surface area contributed by atoms with E-state index < -0.39 is 37.1 Å². The number of nitrogens with two attached hydrogens (primary N) is 1. The Morgan fingerprint density at radius 1 is 1.12 bits per heavy atom. The van der Waals surface area contributed by atoms with Gasteiger partial charge in [-0.05, 0) is 46.5 Å². The maximum atomic E-state index is 14.8. The van der Waals surface area contributed by atoms with Gasteiger partial charge >= 0.3 is 11.9 Å². The molecular formula is C28H48N7O6P. The van der Waals surface area contributed by atoms with Gasteiger partial charge in [-0.1, -0.05) is 39.5 Å². The Labute approximate surface area is 248 Å². The van der Waals surface area contributed by atoms with Crippen LogP contribution in [0.15, 0.2) is 12.7 Å². The zero-order chi connectivity index (χ0) is 30.8. The first-order valence-electron chi connectivity index (χ1n) is 15.0. The van der Waals surface area contributed by atoms with Crippen LogP contribution >= 0.6 is 7.44 Å². The van der Waals surface area contributed by atoms with E-state index in [0.717, 1.165) is 38.5 Å². The molecule has 2 aromatic heterocycles. The smallest absolute Gasteiger partial charge is 0.326 e. The van der Waals surface area contributed by atoms with Crippen LogP contribution in [0, 0.1) is 0 Å². The van der Waals surface area contributed by atoms with E-state index >= 15 is 0 Å². The van der Waals surface area contributed by atoms with Gasteiger partial charge in [0.05, 0.1) is 32.2 Å². The number of fused-ring (bicyclic) bond motifs is 1. The maximum absolute atomic E-state index is 14.8. The second kappa shape index (κ2) is 15.7. The van der Waals surface area contributed by atoms with Gasteiger partial charge in [0.2, 0.25) is 7.44 Å². The third-order valence-corrected chi connectivity index (χ3v) is 9.98. The Morgan fingerprint density at radius 3 is 2.50 bits per heavy atom. The lowest BCUT2D eigenvalue weighted by Gasteiger charge is -2.37. The summed E-state index contributed by atoms with van der Waals surface area (Å²) in [6, 6.07) is -0.697. The Balaban J connectivity index is 1.76. The molecule has 0 bridgehead atoms. The lowest BCUT2D eigenvalue weighted by molar-refractivity contribution is -0.149. The molecule has 3 atom stereocenters. The van der Waals surface area contributed by atoms with Gasteiger partial charge in [0.15, 0.2) is 11.5 Å². The highest BCUT2D eigenvalue weighted by atomic mass is 31.2. The Hall–Kier alpha value is -2.60. The summed E-state index contributed by atoms with van der Waals surface area (Å²) >= 11 is 0. The topological polar surface area (TPSA) is 164 Å². The first kappa shape index (κ1) is 33.9. The van der Waals surface area contributed by atoms with Crippen LogP contribution < -0.4 is 10.8 Å². The third-order valence-electron chi connectivity index (χ3n) is 7.27. The molecule has 0 spiro atoms. The molecule has 14 heteroatoms. The zero-order valence-corrected chi connectivity index (χ0v) is 26.6. The average Bonchev–Trinajstić information content (AvgIpc) is 3.61. The van der Waals surface area contributed by atoms with Gasteiger partial charge in [0.1, 0.15) is 29.8 Å². The van der Waals surface area contributed by atoms with Gasteiger partial charge in [-0.3, -0.25) is 14.2 Å². The van der Waals surface area contributed by atoms with E-state index in [4.69, 9.17) is 19.9 Å². The number of nitrogens with zero attached hydrogens (tertiary/aromatic N) is 5. The molecule has 236 valence electrons. The number of carbonyl (C=O) groups excluding carboxylic acids is 2. The van der Waals surface area contributed by atoms with Crippen molar-refractivity contribution in [1.29, 1.82) is 0 Å². The second-order valence-corrected chi connectivity index (χ2v) is 13.8. The zero-order valence-electron chi connectivity index (χ0n) is 25.7. The highest BCUT2D eigenvalue weighted by Gasteiger charge is 2.47. The van der Waals surface area contributed by atoms with Gasteiger partial charge in [0, 0.05) is 6.54 Å². The first-order chi connectivity index (χ1) is 20.0. The molecule has 0 unspecified atom stereocenters. The fraction of sp³-hybridized carbons (Fsp3) is 0.750. The number of rotatable bonds is 18. The molecule has 1 saturated heterocycles. The van der Waals surface area contributed by atoms with Crippen LogP contribution in [0.5, 0.6) is 0 Å². The number of anilines is 1. The van der Waals surface area contributed by atoms with Crippen LogP contribution in [0.2, 0.25) is 0 Å². The monoisotopic (exact) mass is 609 g/mol. The SMILES string of the molecule is CCCCCOC(=O)[C@H]1CCCN1[P@@](=O)(CO[C@H](C)Cn1cnc2c(N)ncnc21)NC(C)(C)C(=O)OCCCCC. The lowest BCUT2D eigenvalue weighted by atomic mass is 10.1. The number of aromatic nitrogens is 4. The predicted octanol–water partition coefficient (Wildman–Crippen LogP) is 4.26. The van der Waals surface area contributed by atoms with Gasteiger partial charge in [-0.2, -0.15) is 0 Å². The van der Waals surface area contributed by atoms with Crippen molar-refractivity contribution in [2.75, 3.05) is 31.8 Å². The summed E-state index contributed by atoms with van der Waals surface area (Å²) in [5, 5.41) is 3.08. The van der Waals surface area contributed by atoms with E-state index in [0.29, 0.717) is 50.3 Å². The molecule has 13 nitrogen and oxygen atoms in total. The average molecular weight is 610 g/mol. The van der Waals surface area contributed by atoms with Gasteiger partial charge < -0.3 is 24.5 Å². The summed E-state index contributed by atoms with van der Waals surface area (Å²) in [7, 11) is -3.65. The van der Waals surface area contributed by atoms with Crippen LogP contribution in [-0.2, 0) is 34.9 Å². The van der Waals surface area contributed by atoms with E-state index in [1.54, 1.807) is 29.4 Å². The van der Waals surface area contributed by atoms with E-state index in [1.165, 1.54) is 6.33 Å². The Bertz CT molecular complexity index is 1220. The van der Waals surface area contributed by atoms with Crippen LogP contribution in [0.4, 0.5) is 5.82 Å². The highest BCUT2D eigenvalue weighted by molar-refractivity contribution is 7.59. The van der Waals surface area contributed by atoms with Crippen molar-refractivity contribution in [1.82, 2.24) is 29.3 Å². The molecule has 1 aliphatic rings. The minimum Gasteiger partial charge on any atom is -0.465 e. The minimum absolute atomic E-state index is 0.232. The number of hydrogen-bond acceptors (Lipinski definition) is 10.